The maximum Gasteiger partial charge on any atom is 0.404 e. The highest BCUT2D eigenvalue weighted by Crippen LogP contribution is 2.63. The number of carbonyl (C=O) groups is 1. The number of rotatable bonds is 11. The van der Waals surface area contributed by atoms with Crippen LogP contribution in [0, 0.1) is 16.0 Å². The van der Waals surface area contributed by atoms with Crippen LogP contribution in [-0.4, -0.2) is 52.9 Å². The van der Waals surface area contributed by atoms with Crippen LogP contribution < -0.4 is 20.7 Å². The molecule has 2 aromatic carbocycles. The van der Waals surface area contributed by atoms with Crippen LogP contribution in [0.2, 0.25) is 0 Å². The molecule has 0 atom stereocenters. The molecule has 0 radical (unpaired) electrons. The molecule has 3 aliphatic rings. The van der Waals surface area contributed by atoms with Crippen LogP contribution in [0.4, 0.5) is 27.8 Å². The van der Waals surface area contributed by atoms with Crippen molar-refractivity contribution in [3.63, 3.8) is 0 Å². The van der Waals surface area contributed by atoms with Crippen LogP contribution in [0.25, 0.3) is 22.2 Å². The van der Waals surface area contributed by atoms with E-state index in [0.29, 0.717) is 36.0 Å². The van der Waals surface area contributed by atoms with Crippen molar-refractivity contribution in [2.75, 3.05) is 37.5 Å². The second-order valence-corrected chi connectivity index (χ2v) is 10.8. The molecule has 0 saturated heterocycles. The maximum absolute atomic E-state index is 12.0. The van der Waals surface area contributed by atoms with Crippen molar-refractivity contribution in [1.29, 1.82) is 0 Å². The highest BCUT2D eigenvalue weighted by molar-refractivity contribution is 5.95. The van der Waals surface area contributed by atoms with Gasteiger partial charge in [0.2, 0.25) is 5.95 Å². The summed E-state index contributed by atoms with van der Waals surface area (Å²) in [6.07, 6.45) is 7.15. The van der Waals surface area contributed by atoms with Gasteiger partial charge in [0.15, 0.2) is 0 Å². The van der Waals surface area contributed by atoms with Gasteiger partial charge in [-0.25, -0.2) is 14.8 Å². The number of nitrogens with zero attached hydrogens (tertiary/aromatic N) is 5. The van der Waals surface area contributed by atoms with Crippen molar-refractivity contribution < 1.29 is 19.2 Å². The molecule has 3 aliphatic carbocycles. The molecule has 0 aliphatic heterocycles. The summed E-state index contributed by atoms with van der Waals surface area (Å²) < 4.78 is 12.8. The van der Waals surface area contributed by atoms with Gasteiger partial charge in [-0.3, -0.25) is 10.1 Å². The molecule has 212 valence electrons. The average Bonchev–Trinajstić information content (AvgIpc) is 3.28. The number of anilines is 3. The molecular weight excluding hydrogens is 526 g/mol. The lowest BCUT2D eigenvalue weighted by Gasteiger charge is -2.62. The maximum atomic E-state index is 12.0. The van der Waals surface area contributed by atoms with E-state index in [1.165, 1.54) is 38.0 Å². The number of aromatic nitrogens is 3. The topological polar surface area (TPSA) is 151 Å². The summed E-state index contributed by atoms with van der Waals surface area (Å²) in [5, 5.41) is 16.3. The number of para-hydroxylation sites is 1. The molecule has 3 fully saturated rings. The Bertz CT molecular complexity index is 1640. The van der Waals surface area contributed by atoms with E-state index in [4.69, 9.17) is 20.2 Å². The summed E-state index contributed by atoms with van der Waals surface area (Å²) >= 11 is 0. The highest BCUT2D eigenvalue weighted by Gasteiger charge is 2.58. The summed E-state index contributed by atoms with van der Waals surface area (Å²) in [6.45, 7) is 0.503. The van der Waals surface area contributed by atoms with Gasteiger partial charge in [-0.05, 0) is 43.7 Å². The van der Waals surface area contributed by atoms with Gasteiger partial charge in [0.1, 0.15) is 11.4 Å². The zero-order valence-electron chi connectivity index (χ0n) is 22.9. The monoisotopic (exact) mass is 557 g/mol. The van der Waals surface area contributed by atoms with Crippen LogP contribution in [0.3, 0.4) is 0 Å². The lowest BCUT2D eigenvalue weighted by molar-refractivity contribution is -0.384. The average molecular weight is 558 g/mol. The van der Waals surface area contributed by atoms with Crippen molar-refractivity contribution in [3.8, 4) is 17.0 Å². The van der Waals surface area contributed by atoms with E-state index in [9.17, 15) is 14.9 Å². The molecule has 0 spiro atoms. The number of amides is 1. The predicted molar refractivity (Wildman–Crippen MR) is 155 cm³/mol. The fourth-order valence-electron chi connectivity index (χ4n) is 6.06. The first-order valence-corrected chi connectivity index (χ1v) is 13.5. The van der Waals surface area contributed by atoms with Crippen LogP contribution in [0.5, 0.6) is 5.75 Å². The van der Waals surface area contributed by atoms with Gasteiger partial charge in [0.25, 0.3) is 5.69 Å². The van der Waals surface area contributed by atoms with Crippen LogP contribution in [-0.2, 0) is 10.3 Å². The third-order valence-electron chi connectivity index (χ3n) is 8.19. The molecular formula is C29H31N7O5. The molecule has 41 heavy (non-hydrogen) atoms. The lowest BCUT2D eigenvalue weighted by Crippen LogP contribution is -2.58. The number of hydrogen-bond donors (Lipinski definition) is 2. The van der Waals surface area contributed by atoms with Crippen molar-refractivity contribution in [3.05, 3.63) is 65.0 Å². The third-order valence-corrected chi connectivity index (χ3v) is 8.19. The number of methoxy groups -OCH3 is 1. The summed E-state index contributed by atoms with van der Waals surface area (Å²) in [5.74, 6) is 1.54. The number of hydrogen-bond acceptors (Lipinski definition) is 9. The molecule has 12 nitrogen and oxygen atoms in total. The minimum Gasteiger partial charge on any atom is -0.494 e. The number of fused-ring (bicyclic) bond motifs is 1. The molecule has 2 bridgehead atoms. The van der Waals surface area contributed by atoms with Crippen molar-refractivity contribution >= 4 is 40.0 Å². The Morgan fingerprint density at radius 3 is 2.73 bits per heavy atom. The quantitative estimate of drug-likeness (QED) is 0.144. The summed E-state index contributed by atoms with van der Waals surface area (Å²) in [7, 11) is 3.21. The Kier molecular flexibility index (Phi) is 6.60. The number of nitrogens with one attached hydrogen (secondary N) is 1. The SMILES string of the molecule is COc1cc(N(C)CCCOC(N)=O)c([N+](=O)[O-])cc1Nc1nccc(-c2cn(C34CC(C3)C4)c3ccccc23)n1. The molecule has 2 aromatic heterocycles. The van der Waals surface area contributed by atoms with Gasteiger partial charge in [0, 0.05) is 60.1 Å². The second kappa shape index (κ2) is 10.3. The Labute approximate surface area is 236 Å². The van der Waals surface area contributed by atoms with Gasteiger partial charge in [0.05, 0.1) is 30.0 Å². The molecule has 7 rings (SSSR count). The minimum absolute atomic E-state index is 0.109. The number of ether oxygens (including phenoxy) is 2. The summed E-state index contributed by atoms with van der Waals surface area (Å²) in [4.78, 5) is 33.3. The lowest BCUT2D eigenvalue weighted by atomic mass is 9.49. The Morgan fingerprint density at radius 2 is 2.05 bits per heavy atom. The minimum atomic E-state index is -0.859. The van der Waals surface area contributed by atoms with Crippen LogP contribution in [0.1, 0.15) is 25.7 Å². The Hall–Kier alpha value is -4.87. The molecule has 2 heterocycles. The van der Waals surface area contributed by atoms with Gasteiger partial charge >= 0.3 is 6.09 Å². The van der Waals surface area contributed by atoms with Crippen LogP contribution >= 0.6 is 0 Å². The Balaban J connectivity index is 1.29. The van der Waals surface area contributed by atoms with Crippen LogP contribution in [0.15, 0.2) is 54.9 Å². The van der Waals surface area contributed by atoms with Gasteiger partial charge < -0.3 is 30.0 Å². The first-order valence-electron chi connectivity index (χ1n) is 13.5. The molecule has 0 unspecified atom stereocenters. The zero-order valence-corrected chi connectivity index (χ0v) is 22.9. The first-order chi connectivity index (χ1) is 19.8. The molecule has 4 aromatic rings. The van der Waals surface area contributed by atoms with Gasteiger partial charge in [-0.15, -0.1) is 0 Å². The number of nitrogens with two attached hydrogens (primary N) is 1. The number of benzene rings is 2. The van der Waals surface area contributed by atoms with Gasteiger partial charge in [-0.2, -0.15) is 0 Å². The second-order valence-electron chi connectivity index (χ2n) is 10.8. The van der Waals surface area contributed by atoms with E-state index in [-0.39, 0.29) is 17.8 Å². The molecule has 1 amide bonds. The first kappa shape index (κ1) is 26.4. The summed E-state index contributed by atoms with van der Waals surface area (Å²) in [5.41, 5.74) is 8.80. The standard InChI is InChI=1S/C29H31N7O5/c1-34(10-5-11-41-27(30)37)24-13-26(40-2)22(12-25(24)36(38)39)33-28-31-9-8-21(32-28)20-17-35(29-14-18(15-29)16-29)23-7-4-3-6-19(20)23/h3-4,6-9,12-13,17-18H,5,10-11,14-16H2,1-2H3,(H2,30,37)(H,31,32,33). The highest BCUT2D eigenvalue weighted by atomic mass is 16.6. The van der Waals surface area contributed by atoms with E-state index in [0.717, 1.165) is 22.6 Å². The predicted octanol–water partition coefficient (Wildman–Crippen LogP) is 5.19. The molecule has 3 N–H and O–H groups in total. The van der Waals surface area contributed by atoms with E-state index in [1.807, 2.05) is 12.1 Å². The van der Waals surface area contributed by atoms with E-state index in [2.05, 4.69) is 39.3 Å². The third kappa shape index (κ3) is 4.75. The molecule has 12 heteroatoms. The fourth-order valence-corrected chi connectivity index (χ4v) is 6.06. The largest absolute Gasteiger partial charge is 0.494 e. The Morgan fingerprint density at radius 1 is 1.27 bits per heavy atom. The zero-order chi connectivity index (χ0) is 28.7. The van der Waals surface area contributed by atoms with E-state index in [1.54, 1.807) is 24.2 Å². The normalized spacial score (nSPS) is 18.7. The van der Waals surface area contributed by atoms with Gasteiger partial charge in [-0.1, -0.05) is 18.2 Å². The number of carbonyl (C=O) groups excluding carboxylic acids is 1. The smallest absolute Gasteiger partial charge is 0.404 e. The molecule has 3 saturated carbocycles. The number of nitro groups is 1. The van der Waals surface area contributed by atoms with E-state index >= 15 is 0 Å². The van der Waals surface area contributed by atoms with Crippen molar-refractivity contribution in [2.45, 2.75) is 31.2 Å². The number of nitro benzene ring substituents is 1. The van der Waals surface area contributed by atoms with Crippen molar-refractivity contribution in [2.24, 2.45) is 11.7 Å². The fraction of sp³-hybridized carbons (Fsp3) is 0.345. The number of primary amides is 1. The summed E-state index contributed by atoms with van der Waals surface area (Å²) in [6, 6.07) is 13.3. The van der Waals surface area contributed by atoms with Crippen molar-refractivity contribution in [1.82, 2.24) is 14.5 Å². The van der Waals surface area contributed by atoms with E-state index < -0.39 is 11.0 Å².